The molecule has 256 valence electrons. The van der Waals surface area contributed by atoms with E-state index in [0.717, 1.165) is 24.8 Å². The molecule has 1 aliphatic carbocycles. The number of hydrogen-bond donors (Lipinski definition) is 4. The van der Waals surface area contributed by atoms with Crippen LogP contribution >= 0.6 is 0 Å². The first-order chi connectivity index (χ1) is 22.0. The number of furan rings is 1. The lowest BCUT2D eigenvalue weighted by atomic mass is 9.60. The first-order valence-corrected chi connectivity index (χ1v) is 16.3. The summed E-state index contributed by atoms with van der Waals surface area (Å²) in [7, 11) is 0. The first kappa shape index (κ1) is 37.0. The van der Waals surface area contributed by atoms with E-state index in [0.29, 0.717) is 24.2 Å². The lowest BCUT2D eigenvalue weighted by molar-refractivity contribution is -0.136. The molecule has 0 aliphatic heterocycles. The molecule has 1 aliphatic rings. The van der Waals surface area contributed by atoms with Gasteiger partial charge in [-0.3, -0.25) is 28.8 Å². The number of carbonyl (C=O) groups is 5. The SMILES string of the molecule is CCCC(C)(C(CC)NC(=O)Cn1cccc(NC(=O)C(CCC(=O)C(N)=O)NC(=O)c2oc3c(c2C)CCC=C3)c1=O)C(C)(C)C. The lowest BCUT2D eigenvalue weighted by Crippen LogP contribution is -2.53. The highest BCUT2D eigenvalue weighted by atomic mass is 16.4. The zero-order valence-corrected chi connectivity index (χ0v) is 28.6. The minimum atomic E-state index is -1.32. The summed E-state index contributed by atoms with van der Waals surface area (Å²) in [4.78, 5) is 76.7. The molecule has 3 unspecified atom stereocenters. The van der Waals surface area contributed by atoms with Crippen molar-refractivity contribution in [2.45, 2.75) is 112 Å². The molecular formula is C35H49N5O7. The molecule has 2 heterocycles. The van der Waals surface area contributed by atoms with Gasteiger partial charge in [-0.1, -0.05) is 54.0 Å². The minimum absolute atomic E-state index is 0.0283. The fourth-order valence-electron chi connectivity index (χ4n) is 6.22. The summed E-state index contributed by atoms with van der Waals surface area (Å²) >= 11 is 0. The average molecular weight is 652 g/mol. The third kappa shape index (κ3) is 8.66. The van der Waals surface area contributed by atoms with Crippen LogP contribution in [-0.4, -0.2) is 46.1 Å². The smallest absolute Gasteiger partial charge is 0.287 e. The van der Waals surface area contributed by atoms with Gasteiger partial charge in [0.2, 0.25) is 17.6 Å². The van der Waals surface area contributed by atoms with Gasteiger partial charge in [-0.2, -0.15) is 0 Å². The highest BCUT2D eigenvalue weighted by Crippen LogP contribution is 2.46. The summed E-state index contributed by atoms with van der Waals surface area (Å²) in [6.07, 6.45) is 8.61. The van der Waals surface area contributed by atoms with Gasteiger partial charge in [0.1, 0.15) is 24.0 Å². The normalized spacial score (nSPS) is 15.1. The number of nitrogens with two attached hydrogens (primary N) is 1. The topological polar surface area (TPSA) is 183 Å². The number of aromatic nitrogens is 1. The van der Waals surface area contributed by atoms with E-state index in [9.17, 15) is 28.8 Å². The number of carbonyl (C=O) groups excluding carboxylic acids is 5. The van der Waals surface area contributed by atoms with Gasteiger partial charge in [0.15, 0.2) is 5.76 Å². The number of ketones is 1. The Hall–Kier alpha value is -4.48. The van der Waals surface area contributed by atoms with Crippen LogP contribution in [0.4, 0.5) is 5.69 Å². The van der Waals surface area contributed by atoms with Gasteiger partial charge >= 0.3 is 0 Å². The molecule has 0 fully saturated rings. The quantitative estimate of drug-likeness (QED) is 0.210. The summed E-state index contributed by atoms with van der Waals surface area (Å²) in [6, 6.07) is 1.46. The molecular weight excluding hydrogens is 602 g/mol. The molecule has 12 heteroatoms. The van der Waals surface area contributed by atoms with E-state index in [4.69, 9.17) is 10.2 Å². The monoisotopic (exact) mass is 651 g/mol. The molecule has 2 aromatic rings. The fourth-order valence-corrected chi connectivity index (χ4v) is 6.22. The molecule has 4 amide bonds. The number of allylic oxidation sites excluding steroid dienone is 1. The number of pyridine rings is 1. The van der Waals surface area contributed by atoms with Gasteiger partial charge < -0.3 is 30.7 Å². The van der Waals surface area contributed by atoms with Crippen molar-refractivity contribution in [3.05, 3.63) is 57.4 Å². The second kappa shape index (κ2) is 15.4. The van der Waals surface area contributed by atoms with Crippen LogP contribution in [-0.2, 0) is 32.1 Å². The third-order valence-corrected chi connectivity index (χ3v) is 9.48. The van der Waals surface area contributed by atoms with Crippen molar-refractivity contribution < 1.29 is 28.4 Å². The number of anilines is 1. The van der Waals surface area contributed by atoms with Crippen molar-refractivity contribution in [1.29, 1.82) is 0 Å². The van der Waals surface area contributed by atoms with E-state index in [1.54, 1.807) is 13.0 Å². The zero-order valence-electron chi connectivity index (χ0n) is 28.6. The van der Waals surface area contributed by atoms with Crippen molar-refractivity contribution >= 4 is 41.2 Å². The Morgan fingerprint density at radius 1 is 1.09 bits per heavy atom. The number of amides is 4. The van der Waals surface area contributed by atoms with Crippen molar-refractivity contribution in [3.63, 3.8) is 0 Å². The van der Waals surface area contributed by atoms with E-state index in [1.165, 1.54) is 22.9 Å². The van der Waals surface area contributed by atoms with Crippen LogP contribution in [0, 0.1) is 17.8 Å². The van der Waals surface area contributed by atoms with E-state index in [1.807, 2.05) is 13.0 Å². The Labute approximate surface area is 275 Å². The molecule has 3 rings (SSSR count). The maximum Gasteiger partial charge on any atom is 0.287 e. The summed E-state index contributed by atoms with van der Waals surface area (Å²) in [5.41, 5.74) is 5.60. The van der Waals surface area contributed by atoms with Crippen molar-refractivity contribution in [1.82, 2.24) is 15.2 Å². The number of primary amides is 1. The van der Waals surface area contributed by atoms with Gasteiger partial charge in [0.25, 0.3) is 17.4 Å². The molecule has 5 N–H and O–H groups in total. The highest BCUT2D eigenvalue weighted by molar-refractivity contribution is 6.35. The van der Waals surface area contributed by atoms with Crippen LogP contribution in [0.2, 0.25) is 0 Å². The molecule has 0 bridgehead atoms. The predicted molar refractivity (Wildman–Crippen MR) is 180 cm³/mol. The second-order valence-electron chi connectivity index (χ2n) is 13.5. The number of Topliss-reactive ketones (excluding diaryl/α,β-unsaturated/α-hetero) is 1. The average Bonchev–Trinajstić information content (AvgIpc) is 3.35. The fraction of sp³-hybridized carbons (Fsp3) is 0.543. The summed E-state index contributed by atoms with van der Waals surface area (Å²) < 4.78 is 6.95. The molecule has 0 saturated heterocycles. The minimum Gasteiger partial charge on any atom is -0.451 e. The second-order valence-corrected chi connectivity index (χ2v) is 13.5. The number of nitrogens with one attached hydrogen (secondary N) is 3. The molecule has 47 heavy (non-hydrogen) atoms. The van der Waals surface area contributed by atoms with Gasteiger partial charge in [0.05, 0.1) is 0 Å². The Morgan fingerprint density at radius 2 is 1.79 bits per heavy atom. The molecule has 0 aromatic carbocycles. The highest BCUT2D eigenvalue weighted by Gasteiger charge is 2.43. The molecule has 2 aromatic heterocycles. The first-order valence-electron chi connectivity index (χ1n) is 16.3. The molecule has 12 nitrogen and oxygen atoms in total. The number of hydrogen-bond acceptors (Lipinski definition) is 7. The Bertz CT molecular complexity index is 1600. The van der Waals surface area contributed by atoms with Crippen LogP contribution < -0.4 is 27.2 Å². The van der Waals surface area contributed by atoms with Crippen molar-refractivity contribution in [2.75, 3.05) is 5.32 Å². The number of fused-ring (bicyclic) bond motifs is 1. The number of nitrogens with zero attached hydrogens (tertiary/aromatic N) is 1. The van der Waals surface area contributed by atoms with E-state index >= 15 is 0 Å². The predicted octanol–water partition coefficient (Wildman–Crippen LogP) is 4.03. The number of rotatable bonds is 15. The Kier molecular flexibility index (Phi) is 12.1. The third-order valence-electron chi connectivity index (χ3n) is 9.48. The van der Waals surface area contributed by atoms with E-state index in [-0.39, 0.29) is 47.2 Å². The standard InChI is InChI=1S/C35H49N5O7/c1-8-18-35(7,34(4,5)6)27(9-2)39-28(42)20-40-19-12-14-24(33(40)46)38-31(44)23(16-17-25(41)30(36)43)37-32(45)29-21(3)22-13-10-11-15-26(22)47-29/h11-12,14-15,19,23,27H,8-10,13,16-18,20H2,1-7H3,(H2,36,43)(H,37,45)(H,38,44)(H,39,42). The zero-order chi connectivity index (χ0) is 35.1. The Morgan fingerprint density at radius 3 is 2.38 bits per heavy atom. The Balaban J connectivity index is 1.80. The van der Waals surface area contributed by atoms with Gasteiger partial charge in [-0.05, 0) is 68.1 Å². The summed E-state index contributed by atoms with van der Waals surface area (Å²) in [6.45, 7) is 14.3. The van der Waals surface area contributed by atoms with Crippen LogP contribution in [0.5, 0.6) is 0 Å². The maximum absolute atomic E-state index is 13.5. The van der Waals surface area contributed by atoms with Crippen LogP contribution in [0.25, 0.3) is 6.08 Å². The van der Waals surface area contributed by atoms with Gasteiger partial charge in [0, 0.05) is 29.8 Å². The molecule has 3 atom stereocenters. The summed E-state index contributed by atoms with van der Waals surface area (Å²) in [5.74, 6) is -3.30. The lowest BCUT2D eigenvalue weighted by Gasteiger charge is -2.48. The van der Waals surface area contributed by atoms with Crippen molar-refractivity contribution in [2.24, 2.45) is 16.6 Å². The molecule has 0 radical (unpaired) electrons. The molecule has 0 spiro atoms. The van der Waals surface area contributed by atoms with Crippen molar-refractivity contribution in [3.8, 4) is 0 Å². The van der Waals surface area contributed by atoms with E-state index < -0.39 is 41.5 Å². The van der Waals surface area contributed by atoms with Crippen LogP contribution in [0.15, 0.2) is 33.6 Å². The van der Waals surface area contributed by atoms with Crippen LogP contribution in [0.3, 0.4) is 0 Å². The van der Waals surface area contributed by atoms with Gasteiger partial charge in [-0.15, -0.1) is 0 Å². The van der Waals surface area contributed by atoms with Gasteiger partial charge in [-0.25, -0.2) is 0 Å². The summed E-state index contributed by atoms with van der Waals surface area (Å²) in [5, 5.41) is 8.24. The van der Waals surface area contributed by atoms with Crippen LogP contribution in [0.1, 0.15) is 108 Å². The van der Waals surface area contributed by atoms with E-state index in [2.05, 4.69) is 50.6 Å². The maximum atomic E-state index is 13.5. The largest absolute Gasteiger partial charge is 0.451 e. The molecule has 0 saturated carbocycles.